The molecule has 1 aliphatic heterocycles. The average Bonchev–Trinajstić information content (AvgIpc) is 3.23. The van der Waals surface area contributed by atoms with Crippen LogP contribution in [0.25, 0.3) is 0 Å². The Morgan fingerprint density at radius 3 is 2.52 bits per heavy atom. The van der Waals surface area contributed by atoms with E-state index < -0.39 is 15.8 Å². The molecule has 1 aromatic carbocycles. The number of furan rings is 1. The Bertz CT molecular complexity index is 857. The minimum atomic E-state index is -3.07. The smallest absolute Gasteiger partial charge is 0.291 e. The van der Waals surface area contributed by atoms with E-state index in [-0.39, 0.29) is 29.1 Å². The van der Waals surface area contributed by atoms with Crippen LogP contribution in [0.3, 0.4) is 0 Å². The Balaban J connectivity index is 1.51. The van der Waals surface area contributed by atoms with E-state index in [9.17, 15) is 18.0 Å². The van der Waals surface area contributed by atoms with E-state index in [1.54, 1.807) is 36.4 Å². The molecule has 1 saturated heterocycles. The first-order valence-corrected chi connectivity index (χ1v) is 9.67. The maximum absolute atomic E-state index is 12.0. The van der Waals surface area contributed by atoms with Crippen LogP contribution in [-0.4, -0.2) is 31.7 Å². The Hall–Kier alpha value is -2.61. The SMILES string of the molecule is O=C(Nc1ccc(CNC(=O)C2CCS(=O)(=O)C2)cc1)c1ccco1. The van der Waals surface area contributed by atoms with Crippen molar-refractivity contribution in [1.29, 1.82) is 0 Å². The van der Waals surface area contributed by atoms with Gasteiger partial charge >= 0.3 is 0 Å². The van der Waals surface area contributed by atoms with Crippen LogP contribution in [0.1, 0.15) is 22.5 Å². The molecular weight excluding hydrogens is 344 g/mol. The molecule has 3 rings (SSSR count). The molecule has 0 bridgehead atoms. The first-order valence-electron chi connectivity index (χ1n) is 7.85. The van der Waals surface area contributed by atoms with Crippen LogP contribution in [0, 0.1) is 5.92 Å². The van der Waals surface area contributed by atoms with Gasteiger partial charge in [0.05, 0.1) is 23.7 Å². The molecule has 1 aromatic heterocycles. The minimum absolute atomic E-state index is 0.0728. The highest BCUT2D eigenvalue weighted by Crippen LogP contribution is 2.18. The van der Waals surface area contributed by atoms with Crippen molar-refractivity contribution in [3.05, 3.63) is 54.0 Å². The van der Waals surface area contributed by atoms with Gasteiger partial charge in [-0.1, -0.05) is 12.1 Å². The molecule has 2 aromatic rings. The molecule has 1 aliphatic rings. The van der Waals surface area contributed by atoms with Crippen molar-refractivity contribution in [2.24, 2.45) is 5.92 Å². The van der Waals surface area contributed by atoms with E-state index in [1.807, 2.05) is 0 Å². The Labute approximate surface area is 145 Å². The fraction of sp³-hybridized carbons (Fsp3) is 0.294. The molecule has 0 spiro atoms. The van der Waals surface area contributed by atoms with Crippen molar-refractivity contribution in [3.63, 3.8) is 0 Å². The number of benzene rings is 1. The molecule has 132 valence electrons. The highest BCUT2D eigenvalue weighted by atomic mass is 32.2. The number of anilines is 1. The van der Waals surface area contributed by atoms with E-state index >= 15 is 0 Å². The van der Waals surface area contributed by atoms with Gasteiger partial charge in [-0.3, -0.25) is 9.59 Å². The molecule has 7 nitrogen and oxygen atoms in total. The second-order valence-corrected chi connectivity index (χ2v) is 8.17. The summed E-state index contributed by atoms with van der Waals surface area (Å²) in [6, 6.07) is 10.2. The molecular formula is C17H18N2O5S. The molecule has 2 N–H and O–H groups in total. The van der Waals surface area contributed by atoms with Crippen LogP contribution >= 0.6 is 0 Å². The first kappa shape index (κ1) is 17.2. The summed E-state index contributed by atoms with van der Waals surface area (Å²) in [7, 11) is -3.07. The molecule has 0 aliphatic carbocycles. The summed E-state index contributed by atoms with van der Waals surface area (Å²) in [6.45, 7) is 0.307. The third kappa shape index (κ3) is 4.48. The van der Waals surface area contributed by atoms with Gasteiger partial charge in [-0.15, -0.1) is 0 Å². The normalized spacial score (nSPS) is 18.6. The number of rotatable bonds is 5. The predicted octanol–water partition coefficient (Wildman–Crippen LogP) is 1.58. The third-order valence-electron chi connectivity index (χ3n) is 4.03. The van der Waals surface area contributed by atoms with Crippen LogP contribution in [-0.2, 0) is 21.2 Å². The molecule has 0 radical (unpaired) electrons. The molecule has 0 saturated carbocycles. The second kappa shape index (κ2) is 7.10. The van der Waals surface area contributed by atoms with Gasteiger partial charge in [0.25, 0.3) is 5.91 Å². The molecule has 25 heavy (non-hydrogen) atoms. The molecule has 2 amide bonds. The summed E-state index contributed by atoms with van der Waals surface area (Å²) >= 11 is 0. The van der Waals surface area contributed by atoms with Crippen LogP contribution in [0.2, 0.25) is 0 Å². The number of sulfone groups is 1. The lowest BCUT2D eigenvalue weighted by Gasteiger charge is -2.10. The standard InChI is InChI=1S/C17H18N2O5S/c20-16(13-7-9-25(22,23)11-13)18-10-12-3-5-14(6-4-12)19-17(21)15-2-1-8-24-15/h1-6,8,13H,7,9-11H2,(H,18,20)(H,19,21). The topological polar surface area (TPSA) is 105 Å². The number of carbonyl (C=O) groups is 2. The lowest BCUT2D eigenvalue weighted by molar-refractivity contribution is -0.124. The predicted molar refractivity (Wildman–Crippen MR) is 91.7 cm³/mol. The lowest BCUT2D eigenvalue weighted by Crippen LogP contribution is -2.30. The number of carbonyl (C=O) groups excluding carboxylic acids is 2. The molecule has 8 heteroatoms. The van der Waals surface area contributed by atoms with Gasteiger partial charge in [0, 0.05) is 12.2 Å². The van der Waals surface area contributed by atoms with Crippen LogP contribution in [0.4, 0.5) is 5.69 Å². The first-order chi connectivity index (χ1) is 11.9. The van der Waals surface area contributed by atoms with E-state index in [1.165, 1.54) is 6.26 Å². The van der Waals surface area contributed by atoms with Crippen molar-refractivity contribution in [3.8, 4) is 0 Å². The number of amides is 2. The minimum Gasteiger partial charge on any atom is -0.459 e. The fourth-order valence-electron chi connectivity index (χ4n) is 2.64. The van der Waals surface area contributed by atoms with Crippen LogP contribution in [0.5, 0.6) is 0 Å². The number of nitrogens with one attached hydrogen (secondary N) is 2. The summed E-state index contributed by atoms with van der Waals surface area (Å²) in [4.78, 5) is 23.9. The Kier molecular flexibility index (Phi) is 4.89. The summed E-state index contributed by atoms with van der Waals surface area (Å²) in [6.07, 6.45) is 1.81. The maximum Gasteiger partial charge on any atom is 0.291 e. The van der Waals surface area contributed by atoms with Crippen molar-refractivity contribution in [2.75, 3.05) is 16.8 Å². The highest BCUT2D eigenvalue weighted by molar-refractivity contribution is 7.91. The maximum atomic E-state index is 12.0. The largest absolute Gasteiger partial charge is 0.459 e. The Morgan fingerprint density at radius 1 is 1.16 bits per heavy atom. The molecule has 2 heterocycles. The van der Waals surface area contributed by atoms with Gasteiger partial charge in [0.2, 0.25) is 5.91 Å². The van der Waals surface area contributed by atoms with Gasteiger partial charge in [0.1, 0.15) is 0 Å². The highest BCUT2D eigenvalue weighted by Gasteiger charge is 2.32. The average molecular weight is 362 g/mol. The van der Waals surface area contributed by atoms with E-state index in [0.717, 1.165) is 5.56 Å². The van der Waals surface area contributed by atoms with Crippen LogP contribution < -0.4 is 10.6 Å². The van der Waals surface area contributed by atoms with Gasteiger partial charge < -0.3 is 15.1 Å². The lowest BCUT2D eigenvalue weighted by atomic mass is 10.1. The number of hydrogen-bond donors (Lipinski definition) is 2. The molecule has 1 unspecified atom stereocenters. The zero-order valence-electron chi connectivity index (χ0n) is 13.4. The third-order valence-corrected chi connectivity index (χ3v) is 5.79. The zero-order valence-corrected chi connectivity index (χ0v) is 14.2. The summed E-state index contributed by atoms with van der Waals surface area (Å²) in [5.41, 5.74) is 1.46. The Morgan fingerprint density at radius 2 is 1.92 bits per heavy atom. The zero-order chi connectivity index (χ0) is 17.9. The second-order valence-electron chi connectivity index (χ2n) is 5.95. The van der Waals surface area contributed by atoms with Crippen molar-refractivity contribution >= 4 is 27.3 Å². The summed E-state index contributed by atoms with van der Waals surface area (Å²) in [5.74, 6) is -0.810. The van der Waals surface area contributed by atoms with Crippen molar-refractivity contribution in [1.82, 2.24) is 5.32 Å². The summed E-state index contributed by atoms with van der Waals surface area (Å²) in [5, 5.41) is 5.46. The molecule has 1 atom stereocenters. The van der Waals surface area contributed by atoms with Gasteiger partial charge in [-0.05, 0) is 36.2 Å². The van der Waals surface area contributed by atoms with E-state index in [0.29, 0.717) is 18.7 Å². The monoisotopic (exact) mass is 362 g/mol. The van der Waals surface area contributed by atoms with Gasteiger partial charge in [-0.25, -0.2) is 8.42 Å². The molecule has 1 fully saturated rings. The summed E-state index contributed by atoms with van der Waals surface area (Å²) < 4.78 is 27.8. The van der Waals surface area contributed by atoms with Crippen molar-refractivity contribution in [2.45, 2.75) is 13.0 Å². The van der Waals surface area contributed by atoms with Crippen molar-refractivity contribution < 1.29 is 22.4 Å². The van der Waals surface area contributed by atoms with E-state index in [4.69, 9.17) is 4.42 Å². The van der Waals surface area contributed by atoms with Gasteiger partial charge in [-0.2, -0.15) is 0 Å². The fourth-order valence-corrected chi connectivity index (χ4v) is 4.38. The number of hydrogen-bond acceptors (Lipinski definition) is 5. The van der Waals surface area contributed by atoms with Gasteiger partial charge in [0.15, 0.2) is 15.6 Å². The quantitative estimate of drug-likeness (QED) is 0.840. The van der Waals surface area contributed by atoms with E-state index in [2.05, 4.69) is 10.6 Å². The van der Waals surface area contributed by atoms with Crippen LogP contribution in [0.15, 0.2) is 47.1 Å².